The van der Waals surface area contributed by atoms with Gasteiger partial charge in [-0.1, -0.05) is 57.6 Å². The average molecular weight is 448 g/mol. The SMILES string of the molecule is CCCCCCCCC1C=CC(/C=C(\C)c2ccc(C(=O)OC)o2)=C2N=C3CCCCC3=C21. The Labute approximate surface area is 198 Å². The molecule has 2 heterocycles. The molecule has 0 N–H and O–H groups in total. The maximum absolute atomic E-state index is 11.7. The van der Waals surface area contributed by atoms with E-state index in [4.69, 9.17) is 14.1 Å². The molecule has 4 rings (SSSR count). The summed E-state index contributed by atoms with van der Waals surface area (Å²) in [7, 11) is 1.36. The molecule has 1 fully saturated rings. The summed E-state index contributed by atoms with van der Waals surface area (Å²) in [5, 5.41) is 0. The van der Waals surface area contributed by atoms with Crippen LogP contribution in [0, 0.1) is 5.92 Å². The van der Waals surface area contributed by atoms with E-state index in [9.17, 15) is 4.79 Å². The minimum absolute atomic E-state index is 0.228. The van der Waals surface area contributed by atoms with Crippen molar-refractivity contribution >= 4 is 17.3 Å². The van der Waals surface area contributed by atoms with Crippen LogP contribution >= 0.6 is 0 Å². The predicted molar refractivity (Wildman–Crippen MR) is 134 cm³/mol. The second-order valence-electron chi connectivity index (χ2n) is 9.47. The third-order valence-corrected chi connectivity index (χ3v) is 7.04. The number of unbranched alkanes of at least 4 members (excludes halogenated alkanes) is 5. The quantitative estimate of drug-likeness (QED) is 0.270. The Bertz CT molecular complexity index is 1030. The first kappa shape index (κ1) is 23.5. The molecule has 3 aliphatic rings. The molecule has 1 unspecified atom stereocenters. The molecule has 1 saturated carbocycles. The summed E-state index contributed by atoms with van der Waals surface area (Å²) in [4.78, 5) is 16.9. The van der Waals surface area contributed by atoms with Gasteiger partial charge in [-0.25, -0.2) is 4.79 Å². The van der Waals surface area contributed by atoms with Crippen LogP contribution in [0.4, 0.5) is 0 Å². The Morgan fingerprint density at radius 3 is 2.70 bits per heavy atom. The molecule has 176 valence electrons. The van der Waals surface area contributed by atoms with Gasteiger partial charge in [0, 0.05) is 17.2 Å². The molecule has 2 aliphatic carbocycles. The minimum Gasteiger partial charge on any atom is -0.463 e. The molecule has 1 aliphatic heterocycles. The summed E-state index contributed by atoms with van der Waals surface area (Å²) in [5.74, 6) is 0.936. The Kier molecular flexibility index (Phi) is 7.85. The summed E-state index contributed by atoms with van der Waals surface area (Å²) in [6.07, 6.45) is 20.8. The topological polar surface area (TPSA) is 51.8 Å². The maximum Gasteiger partial charge on any atom is 0.373 e. The van der Waals surface area contributed by atoms with E-state index in [1.807, 2.05) is 13.0 Å². The van der Waals surface area contributed by atoms with Crippen LogP contribution in [0.2, 0.25) is 0 Å². The van der Waals surface area contributed by atoms with E-state index in [0.717, 1.165) is 24.0 Å². The first-order chi connectivity index (χ1) is 16.1. The lowest BCUT2D eigenvalue weighted by molar-refractivity contribution is 0.0564. The fourth-order valence-corrected chi connectivity index (χ4v) is 5.22. The van der Waals surface area contributed by atoms with Crippen molar-refractivity contribution in [3.63, 3.8) is 0 Å². The van der Waals surface area contributed by atoms with Crippen LogP contribution in [0.1, 0.15) is 101 Å². The number of fused-ring (bicyclic) bond motifs is 2. The van der Waals surface area contributed by atoms with Gasteiger partial charge in [-0.3, -0.25) is 4.99 Å². The van der Waals surface area contributed by atoms with Gasteiger partial charge >= 0.3 is 5.97 Å². The van der Waals surface area contributed by atoms with Gasteiger partial charge in [0.25, 0.3) is 0 Å². The molecule has 0 aromatic carbocycles. The number of rotatable bonds is 10. The van der Waals surface area contributed by atoms with E-state index in [2.05, 4.69) is 25.2 Å². The van der Waals surface area contributed by atoms with E-state index in [-0.39, 0.29) is 5.76 Å². The third-order valence-electron chi connectivity index (χ3n) is 7.04. The molecule has 1 aromatic heterocycles. The summed E-state index contributed by atoms with van der Waals surface area (Å²) < 4.78 is 10.5. The van der Waals surface area contributed by atoms with Gasteiger partial charge in [-0.2, -0.15) is 0 Å². The first-order valence-electron chi connectivity index (χ1n) is 12.7. The second-order valence-corrected chi connectivity index (χ2v) is 9.47. The summed E-state index contributed by atoms with van der Waals surface area (Å²) in [5.41, 5.74) is 7.61. The molecule has 0 amide bonds. The number of methoxy groups -OCH3 is 1. The van der Waals surface area contributed by atoms with E-state index >= 15 is 0 Å². The van der Waals surface area contributed by atoms with Crippen LogP contribution in [0.15, 0.2) is 62.2 Å². The smallest absolute Gasteiger partial charge is 0.373 e. The molecular weight excluding hydrogens is 410 g/mol. The van der Waals surface area contributed by atoms with Gasteiger partial charge in [-0.05, 0) is 74.0 Å². The van der Waals surface area contributed by atoms with Crippen molar-refractivity contribution in [2.45, 2.75) is 84.5 Å². The number of carbonyl (C=O) groups excluding carboxylic acids is 1. The van der Waals surface area contributed by atoms with Crippen molar-refractivity contribution in [2.75, 3.05) is 7.11 Å². The number of ether oxygens (including phenoxy) is 1. The van der Waals surface area contributed by atoms with Crippen LogP contribution in [0.5, 0.6) is 0 Å². The lowest BCUT2D eigenvalue weighted by Gasteiger charge is -2.24. The molecule has 0 bridgehead atoms. The molecule has 0 radical (unpaired) electrons. The van der Waals surface area contributed by atoms with Crippen molar-refractivity contribution in [1.29, 1.82) is 0 Å². The zero-order chi connectivity index (χ0) is 23.2. The van der Waals surface area contributed by atoms with Crippen molar-refractivity contribution in [3.8, 4) is 0 Å². The third kappa shape index (κ3) is 5.31. The van der Waals surface area contributed by atoms with Crippen LogP contribution in [-0.2, 0) is 4.74 Å². The molecule has 1 atom stereocenters. The highest BCUT2D eigenvalue weighted by Crippen LogP contribution is 2.44. The highest BCUT2D eigenvalue weighted by atomic mass is 16.5. The van der Waals surface area contributed by atoms with Gasteiger partial charge in [-0.15, -0.1) is 0 Å². The van der Waals surface area contributed by atoms with Crippen LogP contribution in [0.3, 0.4) is 0 Å². The Hall–Kier alpha value is -2.62. The molecule has 0 saturated heterocycles. The summed E-state index contributed by atoms with van der Waals surface area (Å²) in [6, 6.07) is 3.50. The normalized spacial score (nSPS) is 20.2. The van der Waals surface area contributed by atoms with Gasteiger partial charge in [0.1, 0.15) is 5.76 Å². The standard InChI is InChI=1S/C29H37NO3/c1-4-5-6-7-8-9-12-21-15-16-22(28-27(21)23-13-10-11-14-24(23)30-28)19-20(2)25-17-18-26(33-25)29(31)32-3/h15-19,21H,4-14H2,1-3H3/b20-19+. The lowest BCUT2D eigenvalue weighted by atomic mass is 9.80. The monoisotopic (exact) mass is 447 g/mol. The number of hydrogen-bond acceptors (Lipinski definition) is 4. The number of furan rings is 1. The highest BCUT2D eigenvalue weighted by Gasteiger charge is 2.32. The lowest BCUT2D eigenvalue weighted by Crippen LogP contribution is -2.12. The number of nitrogens with zero attached hydrogens (tertiary/aromatic N) is 1. The van der Waals surface area contributed by atoms with Gasteiger partial charge in [0.15, 0.2) is 0 Å². The average Bonchev–Trinajstić information content (AvgIpc) is 3.48. The number of esters is 1. The molecule has 4 heteroatoms. The second kappa shape index (κ2) is 11.0. The molecule has 4 nitrogen and oxygen atoms in total. The fourth-order valence-electron chi connectivity index (χ4n) is 5.22. The van der Waals surface area contributed by atoms with Crippen LogP contribution in [-0.4, -0.2) is 18.8 Å². The van der Waals surface area contributed by atoms with E-state index in [1.165, 1.54) is 87.5 Å². The van der Waals surface area contributed by atoms with Crippen molar-refractivity contribution in [1.82, 2.24) is 0 Å². The molecular formula is C29H37NO3. The summed E-state index contributed by atoms with van der Waals surface area (Å²) >= 11 is 0. The molecule has 1 aromatic rings. The van der Waals surface area contributed by atoms with Crippen molar-refractivity contribution < 1.29 is 13.9 Å². The van der Waals surface area contributed by atoms with E-state index < -0.39 is 5.97 Å². The zero-order valence-corrected chi connectivity index (χ0v) is 20.4. The number of hydrogen-bond donors (Lipinski definition) is 0. The van der Waals surface area contributed by atoms with Gasteiger partial charge in [0.2, 0.25) is 5.76 Å². The zero-order valence-electron chi connectivity index (χ0n) is 20.4. The van der Waals surface area contributed by atoms with E-state index in [1.54, 1.807) is 6.07 Å². The van der Waals surface area contributed by atoms with Crippen molar-refractivity contribution in [2.24, 2.45) is 10.9 Å². The summed E-state index contributed by atoms with van der Waals surface area (Å²) in [6.45, 7) is 4.29. The molecule has 0 spiro atoms. The fraction of sp³-hybridized carbons (Fsp3) is 0.517. The number of carbonyl (C=O) groups is 1. The van der Waals surface area contributed by atoms with Gasteiger partial charge < -0.3 is 9.15 Å². The predicted octanol–water partition coefficient (Wildman–Crippen LogP) is 7.99. The molecule has 33 heavy (non-hydrogen) atoms. The van der Waals surface area contributed by atoms with E-state index in [0.29, 0.717) is 11.7 Å². The largest absolute Gasteiger partial charge is 0.463 e. The van der Waals surface area contributed by atoms with Gasteiger partial charge in [0.05, 0.1) is 12.8 Å². The highest BCUT2D eigenvalue weighted by molar-refractivity contribution is 6.06. The van der Waals surface area contributed by atoms with Crippen LogP contribution in [0.25, 0.3) is 5.57 Å². The minimum atomic E-state index is -0.454. The number of aliphatic imine (C=N–C) groups is 1. The van der Waals surface area contributed by atoms with Crippen molar-refractivity contribution in [3.05, 3.63) is 64.3 Å². The Morgan fingerprint density at radius 1 is 1.12 bits per heavy atom. The Balaban J connectivity index is 1.55. The van der Waals surface area contributed by atoms with Crippen LogP contribution < -0.4 is 0 Å². The number of allylic oxidation sites excluding steroid dienone is 7. The maximum atomic E-state index is 11.7. The first-order valence-corrected chi connectivity index (χ1v) is 12.7. The Morgan fingerprint density at radius 2 is 1.88 bits per heavy atom.